The van der Waals surface area contributed by atoms with Crippen molar-refractivity contribution >= 4 is 5.91 Å². The van der Waals surface area contributed by atoms with Crippen molar-refractivity contribution in [2.45, 2.75) is 38.3 Å². The molecule has 0 bridgehead atoms. The van der Waals surface area contributed by atoms with E-state index in [-0.39, 0.29) is 11.9 Å². The largest absolute Gasteiger partial charge is 0.497 e. The van der Waals surface area contributed by atoms with Crippen molar-refractivity contribution in [1.29, 1.82) is 0 Å². The number of benzene rings is 1. The van der Waals surface area contributed by atoms with Gasteiger partial charge in [-0.15, -0.1) is 0 Å². The van der Waals surface area contributed by atoms with E-state index in [0.29, 0.717) is 5.92 Å². The molecule has 0 radical (unpaired) electrons. The predicted molar refractivity (Wildman–Crippen MR) is 95.0 cm³/mol. The van der Waals surface area contributed by atoms with Gasteiger partial charge < -0.3 is 15.4 Å². The molecule has 132 valence electrons. The number of methoxy groups -OCH3 is 1. The first-order valence-corrected chi connectivity index (χ1v) is 9.11. The van der Waals surface area contributed by atoms with Crippen LogP contribution in [0.1, 0.15) is 31.2 Å². The van der Waals surface area contributed by atoms with Gasteiger partial charge in [-0.25, -0.2) is 0 Å². The Kier molecular flexibility index (Phi) is 6.10. The van der Waals surface area contributed by atoms with Crippen LogP contribution < -0.4 is 15.4 Å². The number of carbonyl (C=O) groups excluding carboxylic acids is 1. The fraction of sp³-hybridized carbons (Fsp3) is 0.632. The van der Waals surface area contributed by atoms with Gasteiger partial charge in [0, 0.05) is 13.1 Å². The summed E-state index contributed by atoms with van der Waals surface area (Å²) in [6.07, 6.45) is 4.41. The number of ether oxygens (including phenoxy) is 1. The van der Waals surface area contributed by atoms with E-state index >= 15 is 0 Å². The third-order valence-corrected chi connectivity index (χ3v) is 5.21. The number of hydrogen-bond donors (Lipinski definition) is 2. The number of piperidine rings is 1. The standard InChI is InChI=1S/C19H29N3O2/c1-24-17-6-4-16(5-7-17)14-22-11-8-15(9-12-22)13-21-19(23)18-3-2-10-20-18/h4-7,15,18,20H,2-3,8-14H2,1H3,(H,21,23). The highest BCUT2D eigenvalue weighted by molar-refractivity contribution is 5.81. The molecular formula is C19H29N3O2. The zero-order valence-electron chi connectivity index (χ0n) is 14.6. The second-order valence-corrected chi connectivity index (χ2v) is 6.96. The van der Waals surface area contributed by atoms with E-state index in [4.69, 9.17) is 4.74 Å². The smallest absolute Gasteiger partial charge is 0.237 e. The summed E-state index contributed by atoms with van der Waals surface area (Å²) in [6, 6.07) is 8.36. The Balaban J connectivity index is 1.36. The van der Waals surface area contributed by atoms with Crippen molar-refractivity contribution in [2.75, 3.05) is 33.3 Å². The summed E-state index contributed by atoms with van der Waals surface area (Å²) < 4.78 is 5.20. The Morgan fingerprint density at radius 3 is 2.62 bits per heavy atom. The van der Waals surface area contributed by atoms with Gasteiger partial charge in [0.05, 0.1) is 13.2 Å². The number of hydrogen-bond acceptors (Lipinski definition) is 4. The van der Waals surface area contributed by atoms with Crippen LogP contribution >= 0.6 is 0 Å². The minimum Gasteiger partial charge on any atom is -0.497 e. The lowest BCUT2D eigenvalue weighted by Gasteiger charge is -2.32. The minimum atomic E-state index is 0.0418. The van der Waals surface area contributed by atoms with Crippen LogP contribution in [0.5, 0.6) is 5.75 Å². The maximum atomic E-state index is 12.1. The van der Waals surface area contributed by atoms with Crippen LogP contribution in [0.2, 0.25) is 0 Å². The van der Waals surface area contributed by atoms with Crippen molar-refractivity contribution in [3.05, 3.63) is 29.8 Å². The summed E-state index contributed by atoms with van der Waals surface area (Å²) in [5.74, 6) is 1.71. The van der Waals surface area contributed by atoms with Gasteiger partial charge >= 0.3 is 0 Å². The first-order chi connectivity index (χ1) is 11.7. The Morgan fingerprint density at radius 1 is 1.25 bits per heavy atom. The van der Waals surface area contributed by atoms with Gasteiger partial charge in [-0.05, 0) is 68.9 Å². The number of carbonyl (C=O) groups is 1. The second kappa shape index (κ2) is 8.49. The fourth-order valence-corrected chi connectivity index (χ4v) is 3.61. The van der Waals surface area contributed by atoms with Crippen LogP contribution in [-0.4, -0.2) is 50.1 Å². The minimum absolute atomic E-state index is 0.0418. The van der Waals surface area contributed by atoms with Crippen molar-refractivity contribution in [3.8, 4) is 5.75 Å². The van der Waals surface area contributed by atoms with E-state index < -0.39 is 0 Å². The average molecular weight is 331 g/mol. The second-order valence-electron chi connectivity index (χ2n) is 6.96. The molecule has 5 heteroatoms. The van der Waals surface area contributed by atoms with Crippen LogP contribution in [0.15, 0.2) is 24.3 Å². The lowest BCUT2D eigenvalue weighted by atomic mass is 9.96. The summed E-state index contributed by atoms with van der Waals surface area (Å²) >= 11 is 0. The van der Waals surface area contributed by atoms with Crippen LogP contribution in [0.25, 0.3) is 0 Å². The van der Waals surface area contributed by atoms with E-state index in [2.05, 4.69) is 27.7 Å². The third-order valence-electron chi connectivity index (χ3n) is 5.21. The van der Waals surface area contributed by atoms with E-state index in [0.717, 1.165) is 64.2 Å². The van der Waals surface area contributed by atoms with Crippen LogP contribution in [0.4, 0.5) is 0 Å². The molecule has 0 saturated carbocycles. The maximum absolute atomic E-state index is 12.1. The lowest BCUT2D eigenvalue weighted by molar-refractivity contribution is -0.123. The number of likely N-dealkylation sites (tertiary alicyclic amines) is 1. The molecule has 1 aromatic rings. The van der Waals surface area contributed by atoms with Gasteiger partial charge in [0.1, 0.15) is 5.75 Å². The number of nitrogens with one attached hydrogen (secondary N) is 2. The molecule has 1 unspecified atom stereocenters. The Morgan fingerprint density at radius 2 is 2.00 bits per heavy atom. The molecule has 0 aromatic heterocycles. The Labute approximate surface area is 144 Å². The Bertz CT molecular complexity index is 518. The zero-order chi connectivity index (χ0) is 16.8. The van der Waals surface area contributed by atoms with E-state index in [1.54, 1.807) is 7.11 Å². The molecule has 2 aliphatic heterocycles. The van der Waals surface area contributed by atoms with Crippen LogP contribution in [0.3, 0.4) is 0 Å². The van der Waals surface area contributed by atoms with Gasteiger partial charge in [0.2, 0.25) is 5.91 Å². The molecule has 2 fully saturated rings. The van der Waals surface area contributed by atoms with Crippen molar-refractivity contribution in [3.63, 3.8) is 0 Å². The molecule has 5 nitrogen and oxygen atoms in total. The first kappa shape index (κ1) is 17.2. The SMILES string of the molecule is COc1ccc(CN2CCC(CNC(=O)C3CCCN3)CC2)cc1. The van der Waals surface area contributed by atoms with Crippen molar-refractivity contribution in [2.24, 2.45) is 5.92 Å². The summed E-state index contributed by atoms with van der Waals surface area (Å²) in [4.78, 5) is 14.6. The molecule has 1 aromatic carbocycles. The first-order valence-electron chi connectivity index (χ1n) is 9.11. The Hall–Kier alpha value is -1.59. The summed E-state index contributed by atoms with van der Waals surface area (Å²) in [5, 5.41) is 6.40. The summed E-state index contributed by atoms with van der Waals surface area (Å²) in [6.45, 7) is 5.01. The molecule has 2 N–H and O–H groups in total. The fourth-order valence-electron chi connectivity index (χ4n) is 3.61. The van der Waals surface area contributed by atoms with Gasteiger partial charge in [0.25, 0.3) is 0 Å². The highest BCUT2D eigenvalue weighted by Gasteiger charge is 2.24. The molecular weight excluding hydrogens is 302 g/mol. The highest BCUT2D eigenvalue weighted by Crippen LogP contribution is 2.20. The van der Waals surface area contributed by atoms with Gasteiger partial charge in [-0.3, -0.25) is 9.69 Å². The topological polar surface area (TPSA) is 53.6 Å². The monoisotopic (exact) mass is 331 g/mol. The molecule has 2 aliphatic rings. The van der Waals surface area contributed by atoms with E-state index in [9.17, 15) is 4.79 Å². The molecule has 0 aliphatic carbocycles. The van der Waals surface area contributed by atoms with E-state index in [1.807, 2.05) is 12.1 Å². The molecule has 3 rings (SSSR count). The molecule has 2 saturated heterocycles. The molecule has 2 heterocycles. The third kappa shape index (κ3) is 4.71. The van der Waals surface area contributed by atoms with Gasteiger partial charge in [-0.1, -0.05) is 12.1 Å². The van der Waals surface area contributed by atoms with Crippen LogP contribution in [0, 0.1) is 5.92 Å². The highest BCUT2D eigenvalue weighted by atomic mass is 16.5. The lowest BCUT2D eigenvalue weighted by Crippen LogP contribution is -2.44. The maximum Gasteiger partial charge on any atom is 0.237 e. The molecule has 1 amide bonds. The van der Waals surface area contributed by atoms with Crippen molar-refractivity contribution < 1.29 is 9.53 Å². The quantitative estimate of drug-likeness (QED) is 0.834. The molecule has 1 atom stereocenters. The van der Waals surface area contributed by atoms with Crippen LogP contribution in [-0.2, 0) is 11.3 Å². The van der Waals surface area contributed by atoms with Gasteiger partial charge in [-0.2, -0.15) is 0 Å². The van der Waals surface area contributed by atoms with E-state index in [1.165, 1.54) is 5.56 Å². The number of rotatable bonds is 6. The number of nitrogens with zero attached hydrogens (tertiary/aromatic N) is 1. The summed E-state index contributed by atoms with van der Waals surface area (Å²) in [7, 11) is 1.70. The zero-order valence-corrected chi connectivity index (χ0v) is 14.6. The molecule has 0 spiro atoms. The number of amides is 1. The van der Waals surface area contributed by atoms with Gasteiger partial charge in [0.15, 0.2) is 0 Å². The summed E-state index contributed by atoms with van der Waals surface area (Å²) in [5.41, 5.74) is 1.33. The molecule has 24 heavy (non-hydrogen) atoms. The van der Waals surface area contributed by atoms with Crippen molar-refractivity contribution in [1.82, 2.24) is 15.5 Å². The average Bonchev–Trinajstić information content (AvgIpc) is 3.16. The predicted octanol–water partition coefficient (Wildman–Crippen LogP) is 1.78. The normalized spacial score (nSPS) is 22.5.